The van der Waals surface area contributed by atoms with E-state index in [1.165, 1.54) is 0 Å². The van der Waals surface area contributed by atoms with Crippen molar-refractivity contribution in [1.29, 1.82) is 0 Å². The topological polar surface area (TPSA) is 87.7 Å². The maximum Gasteiger partial charge on any atom is 0.408 e. The van der Waals surface area contributed by atoms with Gasteiger partial charge in [0, 0.05) is 23.0 Å². The fraction of sp³-hybridized carbons (Fsp3) is 0.344. The molecule has 3 amide bonds. The lowest BCUT2D eigenvalue weighted by Gasteiger charge is -2.35. The number of thiol groups is 1. The van der Waals surface area contributed by atoms with Gasteiger partial charge in [-0.05, 0) is 67.6 Å². The SMILES string of the molecule is C#Cc1ccccc1C(C(=O)Nc1ccc2ccccc2c1)N(C(=O)C(CS)NC(=O)OC(C)(C)C)C1CC1C. The Balaban J connectivity index is 1.73. The van der Waals surface area contributed by atoms with Crippen molar-refractivity contribution in [2.45, 2.75) is 57.8 Å². The van der Waals surface area contributed by atoms with E-state index >= 15 is 0 Å². The van der Waals surface area contributed by atoms with Gasteiger partial charge in [-0.3, -0.25) is 9.59 Å². The fourth-order valence-electron chi connectivity index (χ4n) is 4.75. The molecule has 7 nitrogen and oxygen atoms in total. The van der Waals surface area contributed by atoms with E-state index in [0.717, 1.165) is 17.2 Å². The first-order valence-corrected chi connectivity index (χ1v) is 13.9. The number of terminal acetylenes is 1. The van der Waals surface area contributed by atoms with Crippen LogP contribution in [0, 0.1) is 18.3 Å². The van der Waals surface area contributed by atoms with Crippen molar-refractivity contribution in [2.24, 2.45) is 5.92 Å². The molecule has 0 saturated heterocycles. The number of hydrogen-bond donors (Lipinski definition) is 3. The third-order valence-electron chi connectivity index (χ3n) is 6.80. The molecule has 1 saturated carbocycles. The van der Waals surface area contributed by atoms with Crippen LogP contribution in [0.3, 0.4) is 0 Å². The largest absolute Gasteiger partial charge is 0.444 e. The monoisotopic (exact) mass is 557 g/mol. The zero-order chi connectivity index (χ0) is 29.0. The second-order valence-electron chi connectivity index (χ2n) is 11.1. The number of fused-ring (bicyclic) bond motifs is 1. The van der Waals surface area contributed by atoms with Gasteiger partial charge in [0.1, 0.15) is 17.7 Å². The summed E-state index contributed by atoms with van der Waals surface area (Å²) in [5.74, 6) is 2.02. The van der Waals surface area contributed by atoms with Gasteiger partial charge in [-0.1, -0.05) is 61.4 Å². The Morgan fingerprint density at radius 3 is 2.35 bits per heavy atom. The number of hydrogen-bond acceptors (Lipinski definition) is 5. The molecule has 0 spiro atoms. The lowest BCUT2D eigenvalue weighted by atomic mass is 9.97. The molecule has 40 heavy (non-hydrogen) atoms. The van der Waals surface area contributed by atoms with Gasteiger partial charge < -0.3 is 20.3 Å². The predicted octanol–water partition coefficient (Wildman–Crippen LogP) is 5.56. The molecular weight excluding hydrogens is 522 g/mol. The van der Waals surface area contributed by atoms with Crippen LogP contribution in [0.15, 0.2) is 66.7 Å². The molecule has 0 radical (unpaired) electrons. The number of anilines is 1. The minimum atomic E-state index is -1.04. The molecule has 4 rings (SSSR count). The number of rotatable bonds is 8. The Morgan fingerprint density at radius 1 is 1.07 bits per heavy atom. The Hall–Kier alpha value is -3.96. The van der Waals surface area contributed by atoms with E-state index in [1.54, 1.807) is 49.9 Å². The number of alkyl carbamates (subject to hydrolysis) is 1. The van der Waals surface area contributed by atoms with E-state index in [2.05, 4.69) is 29.2 Å². The second kappa shape index (κ2) is 12.1. The average Bonchev–Trinajstić information content (AvgIpc) is 3.64. The van der Waals surface area contributed by atoms with E-state index in [4.69, 9.17) is 11.2 Å². The number of ether oxygens (including phenoxy) is 1. The van der Waals surface area contributed by atoms with E-state index < -0.39 is 35.6 Å². The lowest BCUT2D eigenvalue weighted by molar-refractivity contribution is -0.141. The van der Waals surface area contributed by atoms with E-state index in [9.17, 15) is 14.4 Å². The molecule has 8 heteroatoms. The lowest BCUT2D eigenvalue weighted by Crippen LogP contribution is -2.54. The van der Waals surface area contributed by atoms with Crippen molar-refractivity contribution in [3.05, 3.63) is 77.9 Å². The highest BCUT2D eigenvalue weighted by Gasteiger charge is 2.48. The molecule has 208 valence electrons. The predicted molar refractivity (Wildman–Crippen MR) is 161 cm³/mol. The van der Waals surface area contributed by atoms with Crippen LogP contribution in [0.5, 0.6) is 0 Å². The summed E-state index contributed by atoms with van der Waals surface area (Å²) in [6.45, 7) is 7.25. The van der Waals surface area contributed by atoms with Crippen molar-refractivity contribution in [1.82, 2.24) is 10.2 Å². The van der Waals surface area contributed by atoms with E-state index in [-0.39, 0.29) is 17.7 Å². The summed E-state index contributed by atoms with van der Waals surface area (Å²) < 4.78 is 5.38. The molecule has 0 bridgehead atoms. The Labute approximate surface area is 241 Å². The summed E-state index contributed by atoms with van der Waals surface area (Å²) in [5.41, 5.74) is 0.897. The molecule has 1 fully saturated rings. The van der Waals surface area contributed by atoms with Gasteiger partial charge in [0.25, 0.3) is 5.91 Å². The van der Waals surface area contributed by atoms with Crippen molar-refractivity contribution < 1.29 is 19.1 Å². The molecular formula is C32H35N3O4S. The molecule has 3 aromatic carbocycles. The van der Waals surface area contributed by atoms with Crippen LogP contribution in [0.1, 0.15) is 51.3 Å². The molecule has 4 atom stereocenters. The Bertz CT molecular complexity index is 1460. The molecule has 1 aliphatic carbocycles. The highest BCUT2D eigenvalue weighted by atomic mass is 32.1. The average molecular weight is 558 g/mol. The summed E-state index contributed by atoms with van der Waals surface area (Å²) in [6, 6.07) is 18.4. The zero-order valence-electron chi connectivity index (χ0n) is 23.2. The van der Waals surface area contributed by atoms with E-state index in [0.29, 0.717) is 16.8 Å². The molecule has 1 aliphatic rings. The summed E-state index contributed by atoms with van der Waals surface area (Å²) in [4.78, 5) is 42.4. The molecule has 0 aliphatic heterocycles. The van der Waals surface area contributed by atoms with Crippen molar-refractivity contribution >= 4 is 47.0 Å². The standard InChI is InChI=1S/C32H35N3O4S/c1-6-21-11-9-10-14-25(21)28(29(36)33-24-16-15-22-12-7-8-13-23(22)18-24)35(27-17-20(27)2)30(37)26(19-40)34-31(38)39-32(3,4)5/h1,7-16,18,20,26-28,40H,17,19H2,2-5H3,(H,33,36)(H,34,38). The van der Waals surface area contributed by atoms with Gasteiger partial charge in [-0.2, -0.15) is 12.6 Å². The third kappa shape index (κ3) is 6.78. The van der Waals surface area contributed by atoms with Crippen LogP contribution in [-0.2, 0) is 14.3 Å². The van der Waals surface area contributed by atoms with Crippen LogP contribution in [0.25, 0.3) is 10.8 Å². The van der Waals surface area contributed by atoms with Gasteiger partial charge in [-0.15, -0.1) is 6.42 Å². The van der Waals surface area contributed by atoms with Gasteiger partial charge in [0.15, 0.2) is 0 Å². The van der Waals surface area contributed by atoms with Crippen LogP contribution < -0.4 is 10.6 Å². The summed E-state index contributed by atoms with van der Waals surface area (Å²) in [6.07, 6.45) is 5.82. The maximum atomic E-state index is 14.1. The van der Waals surface area contributed by atoms with Crippen LogP contribution in [0.2, 0.25) is 0 Å². The van der Waals surface area contributed by atoms with Gasteiger partial charge in [-0.25, -0.2) is 4.79 Å². The van der Waals surface area contributed by atoms with Gasteiger partial charge >= 0.3 is 6.09 Å². The summed E-state index contributed by atoms with van der Waals surface area (Å²) >= 11 is 4.36. The molecule has 4 unspecified atom stereocenters. The molecule has 0 aromatic heterocycles. The van der Waals surface area contributed by atoms with Crippen LogP contribution in [0.4, 0.5) is 10.5 Å². The first-order valence-electron chi connectivity index (χ1n) is 13.3. The minimum Gasteiger partial charge on any atom is -0.444 e. The summed E-state index contributed by atoms with van der Waals surface area (Å²) in [5, 5.41) is 7.67. The van der Waals surface area contributed by atoms with Gasteiger partial charge in [0.05, 0.1) is 0 Å². The number of nitrogens with zero attached hydrogens (tertiary/aromatic N) is 1. The highest BCUT2D eigenvalue weighted by molar-refractivity contribution is 7.80. The van der Waals surface area contributed by atoms with Crippen LogP contribution >= 0.6 is 12.6 Å². The maximum absolute atomic E-state index is 14.1. The Morgan fingerprint density at radius 2 is 1.73 bits per heavy atom. The number of benzene rings is 3. The quantitative estimate of drug-likeness (QED) is 0.250. The van der Waals surface area contributed by atoms with Gasteiger partial charge in [0.2, 0.25) is 5.91 Å². The Kier molecular flexibility index (Phi) is 8.75. The molecule has 2 N–H and O–H groups in total. The highest BCUT2D eigenvalue weighted by Crippen LogP contribution is 2.41. The molecule has 3 aromatic rings. The van der Waals surface area contributed by atoms with Crippen LogP contribution in [-0.4, -0.2) is 46.2 Å². The molecule has 0 heterocycles. The van der Waals surface area contributed by atoms with E-state index in [1.807, 2.05) is 49.4 Å². The van der Waals surface area contributed by atoms with Crippen molar-refractivity contribution in [2.75, 3.05) is 11.1 Å². The minimum absolute atomic E-state index is 0.0193. The fourth-order valence-corrected chi connectivity index (χ4v) is 5.00. The number of carbonyl (C=O) groups is 3. The first kappa shape index (κ1) is 29.0. The smallest absolute Gasteiger partial charge is 0.408 e. The first-order chi connectivity index (χ1) is 19.0. The van der Waals surface area contributed by atoms with Crippen molar-refractivity contribution in [3.63, 3.8) is 0 Å². The number of carbonyl (C=O) groups excluding carboxylic acids is 3. The number of amides is 3. The normalized spacial score (nSPS) is 17.7. The van der Waals surface area contributed by atoms with Crippen molar-refractivity contribution in [3.8, 4) is 12.3 Å². The second-order valence-corrected chi connectivity index (χ2v) is 11.5. The number of nitrogens with one attached hydrogen (secondary N) is 2. The zero-order valence-corrected chi connectivity index (χ0v) is 24.1. The third-order valence-corrected chi connectivity index (χ3v) is 7.17. The summed E-state index contributed by atoms with van der Waals surface area (Å²) in [7, 11) is 0.